The van der Waals surface area contributed by atoms with E-state index in [0.717, 1.165) is 29.7 Å². The number of nitrogens with zero attached hydrogens (tertiary/aromatic N) is 2. The Labute approximate surface area is 134 Å². The molecule has 1 aliphatic heterocycles. The van der Waals surface area contributed by atoms with E-state index in [1.165, 1.54) is 10.6 Å². The molecule has 1 heterocycles. The summed E-state index contributed by atoms with van der Waals surface area (Å²) in [6.45, 7) is 3.28. The Morgan fingerprint density at radius 1 is 1.29 bits per heavy atom. The molecule has 1 saturated heterocycles. The molecule has 2 rings (SSSR count). The summed E-state index contributed by atoms with van der Waals surface area (Å²) in [6, 6.07) is 7.68. The highest BCUT2D eigenvalue weighted by Gasteiger charge is 2.23. The second-order valence-electron chi connectivity index (χ2n) is 5.36. The minimum atomic E-state index is -3.08. The number of benzene rings is 1. The van der Waals surface area contributed by atoms with E-state index in [1.54, 1.807) is 0 Å². The van der Waals surface area contributed by atoms with Gasteiger partial charge in [0.15, 0.2) is 0 Å². The fraction of sp³-hybridized carbons (Fsp3) is 0.571. The molecular weight excluding hydrogens is 356 g/mol. The third-order valence-electron chi connectivity index (χ3n) is 3.75. The molecular formula is C14H21BrN2O3S. The lowest BCUT2D eigenvalue weighted by Crippen LogP contribution is -2.48. The predicted octanol–water partition coefficient (Wildman–Crippen LogP) is 1.45. The third kappa shape index (κ3) is 5.03. The average molecular weight is 377 g/mol. The Balaban J connectivity index is 1.80. The zero-order valence-corrected chi connectivity index (χ0v) is 14.5. The minimum absolute atomic E-state index is 0.490. The van der Waals surface area contributed by atoms with Crippen molar-refractivity contribution in [3.05, 3.63) is 34.3 Å². The van der Waals surface area contributed by atoms with Crippen LogP contribution in [0.4, 0.5) is 0 Å². The van der Waals surface area contributed by atoms with E-state index in [0.29, 0.717) is 19.5 Å². The van der Waals surface area contributed by atoms with Crippen molar-refractivity contribution in [2.24, 2.45) is 0 Å². The van der Waals surface area contributed by atoms with Gasteiger partial charge in [0.25, 0.3) is 0 Å². The molecule has 0 radical (unpaired) electrons. The van der Waals surface area contributed by atoms with Gasteiger partial charge in [-0.25, -0.2) is 8.42 Å². The summed E-state index contributed by atoms with van der Waals surface area (Å²) >= 11 is 3.40. The normalized spacial score (nSPS) is 19.6. The molecule has 1 unspecified atom stereocenters. The van der Waals surface area contributed by atoms with Gasteiger partial charge in [-0.05, 0) is 24.1 Å². The Morgan fingerprint density at radius 2 is 1.95 bits per heavy atom. The average Bonchev–Trinajstić information content (AvgIpc) is 2.44. The third-order valence-corrected chi connectivity index (χ3v) is 5.55. The molecule has 1 aliphatic rings. The topological polar surface area (TPSA) is 60.9 Å². The first kappa shape index (κ1) is 16.9. The first-order valence-electron chi connectivity index (χ1n) is 6.97. The van der Waals surface area contributed by atoms with Crippen molar-refractivity contribution in [1.82, 2.24) is 9.21 Å². The number of aliphatic hydroxyl groups excluding tert-OH is 1. The SMILES string of the molecule is CS(=O)(=O)N1CCN(CCC(O)c2cccc(Br)c2)CC1. The summed E-state index contributed by atoms with van der Waals surface area (Å²) < 4.78 is 25.3. The Hall–Kier alpha value is -0.470. The lowest BCUT2D eigenvalue weighted by Gasteiger charge is -2.33. The number of aliphatic hydroxyl groups is 1. The highest BCUT2D eigenvalue weighted by molar-refractivity contribution is 9.10. The van der Waals surface area contributed by atoms with Gasteiger partial charge in [0.1, 0.15) is 0 Å². The maximum Gasteiger partial charge on any atom is 0.211 e. The summed E-state index contributed by atoms with van der Waals surface area (Å²) in [5.41, 5.74) is 0.902. The Bertz CT molecular complexity index is 571. The predicted molar refractivity (Wildman–Crippen MR) is 86.6 cm³/mol. The van der Waals surface area contributed by atoms with Crippen molar-refractivity contribution in [1.29, 1.82) is 0 Å². The van der Waals surface area contributed by atoms with Crippen LogP contribution in [0.15, 0.2) is 28.7 Å². The molecule has 118 valence electrons. The largest absolute Gasteiger partial charge is 0.388 e. The summed E-state index contributed by atoms with van der Waals surface area (Å²) in [6.07, 6.45) is 1.41. The molecule has 1 N–H and O–H groups in total. The Kier molecular flexibility index (Phi) is 5.79. The van der Waals surface area contributed by atoms with E-state index in [1.807, 2.05) is 24.3 Å². The van der Waals surface area contributed by atoms with E-state index in [9.17, 15) is 13.5 Å². The lowest BCUT2D eigenvalue weighted by molar-refractivity contribution is 0.125. The van der Waals surface area contributed by atoms with Crippen LogP contribution in [0.1, 0.15) is 18.1 Å². The molecule has 1 aromatic rings. The van der Waals surface area contributed by atoms with E-state index in [-0.39, 0.29) is 0 Å². The van der Waals surface area contributed by atoms with Crippen molar-refractivity contribution in [2.45, 2.75) is 12.5 Å². The molecule has 0 saturated carbocycles. The molecule has 0 aliphatic carbocycles. The van der Waals surface area contributed by atoms with Gasteiger partial charge in [0.05, 0.1) is 12.4 Å². The quantitative estimate of drug-likeness (QED) is 0.844. The van der Waals surface area contributed by atoms with Gasteiger partial charge in [0, 0.05) is 37.2 Å². The van der Waals surface area contributed by atoms with Gasteiger partial charge in [-0.3, -0.25) is 0 Å². The van der Waals surface area contributed by atoms with E-state index >= 15 is 0 Å². The molecule has 1 fully saturated rings. The molecule has 7 heteroatoms. The standard InChI is InChI=1S/C14H21BrN2O3S/c1-21(19,20)17-9-7-16(8-10-17)6-5-14(18)12-3-2-4-13(15)11-12/h2-4,11,14,18H,5-10H2,1H3. The number of hydrogen-bond acceptors (Lipinski definition) is 4. The van der Waals surface area contributed by atoms with Crippen molar-refractivity contribution >= 4 is 26.0 Å². The van der Waals surface area contributed by atoms with Crippen LogP contribution < -0.4 is 0 Å². The van der Waals surface area contributed by atoms with Crippen LogP contribution >= 0.6 is 15.9 Å². The fourth-order valence-electron chi connectivity index (χ4n) is 2.47. The fourth-order valence-corrected chi connectivity index (χ4v) is 3.71. The molecule has 0 aromatic heterocycles. The second-order valence-corrected chi connectivity index (χ2v) is 8.26. The monoisotopic (exact) mass is 376 g/mol. The molecule has 21 heavy (non-hydrogen) atoms. The molecule has 5 nitrogen and oxygen atoms in total. The number of hydrogen-bond donors (Lipinski definition) is 1. The minimum Gasteiger partial charge on any atom is -0.388 e. The van der Waals surface area contributed by atoms with Crippen LogP contribution in [0.5, 0.6) is 0 Å². The highest BCUT2D eigenvalue weighted by Crippen LogP contribution is 2.21. The number of rotatable bonds is 5. The maximum absolute atomic E-state index is 11.4. The summed E-state index contributed by atoms with van der Waals surface area (Å²) in [5, 5.41) is 10.2. The van der Waals surface area contributed by atoms with Crippen molar-refractivity contribution < 1.29 is 13.5 Å². The number of piperazine rings is 1. The molecule has 1 atom stereocenters. The zero-order chi connectivity index (χ0) is 15.5. The molecule has 0 spiro atoms. The maximum atomic E-state index is 11.4. The van der Waals surface area contributed by atoms with Gasteiger partial charge < -0.3 is 10.0 Å². The molecule has 1 aromatic carbocycles. The van der Waals surface area contributed by atoms with Crippen LogP contribution in [-0.4, -0.2) is 61.7 Å². The highest BCUT2D eigenvalue weighted by atomic mass is 79.9. The number of halogens is 1. The molecule has 0 bridgehead atoms. The first-order chi connectivity index (χ1) is 9.86. The van der Waals surface area contributed by atoms with Gasteiger partial charge in [-0.15, -0.1) is 0 Å². The second kappa shape index (κ2) is 7.19. The van der Waals surface area contributed by atoms with Gasteiger partial charge in [-0.2, -0.15) is 4.31 Å². The van der Waals surface area contributed by atoms with Crippen molar-refractivity contribution in [2.75, 3.05) is 39.0 Å². The summed E-state index contributed by atoms with van der Waals surface area (Å²) in [5.74, 6) is 0. The lowest BCUT2D eigenvalue weighted by atomic mass is 10.1. The van der Waals surface area contributed by atoms with Crippen LogP contribution in [0, 0.1) is 0 Å². The van der Waals surface area contributed by atoms with Crippen LogP contribution in [0.25, 0.3) is 0 Å². The van der Waals surface area contributed by atoms with Crippen LogP contribution in [-0.2, 0) is 10.0 Å². The van der Waals surface area contributed by atoms with Crippen molar-refractivity contribution in [3.8, 4) is 0 Å². The zero-order valence-electron chi connectivity index (χ0n) is 12.1. The van der Waals surface area contributed by atoms with E-state index in [2.05, 4.69) is 20.8 Å². The van der Waals surface area contributed by atoms with Crippen molar-refractivity contribution in [3.63, 3.8) is 0 Å². The van der Waals surface area contributed by atoms with Gasteiger partial charge in [-0.1, -0.05) is 28.1 Å². The van der Waals surface area contributed by atoms with Gasteiger partial charge >= 0.3 is 0 Å². The summed E-state index contributed by atoms with van der Waals surface area (Å²) in [7, 11) is -3.08. The van der Waals surface area contributed by atoms with E-state index < -0.39 is 16.1 Å². The smallest absolute Gasteiger partial charge is 0.211 e. The van der Waals surface area contributed by atoms with Gasteiger partial charge in [0.2, 0.25) is 10.0 Å². The molecule has 0 amide bonds. The first-order valence-corrected chi connectivity index (χ1v) is 9.61. The van der Waals surface area contributed by atoms with E-state index in [4.69, 9.17) is 0 Å². The van der Waals surface area contributed by atoms with Crippen LogP contribution in [0.3, 0.4) is 0 Å². The summed E-state index contributed by atoms with van der Waals surface area (Å²) in [4.78, 5) is 2.20. The Morgan fingerprint density at radius 3 is 2.52 bits per heavy atom. The number of sulfonamides is 1. The van der Waals surface area contributed by atoms with Crippen LogP contribution in [0.2, 0.25) is 0 Å².